The largest absolute Gasteiger partial charge is 0.396 e. The Balaban J connectivity index is 2.15. The van der Waals surface area contributed by atoms with E-state index in [9.17, 15) is 9.18 Å². The molecule has 0 unspecified atom stereocenters. The standard InChI is InChI=1S/C16H18FNO3/c17-15-4-3-12(2-1-9-19)10-14(15)16(21)18-7-5-13(11-20)6-8-18/h3-4,10,13,19-20H,5-9,11H2. The fourth-order valence-corrected chi connectivity index (χ4v) is 2.40. The predicted molar refractivity (Wildman–Crippen MR) is 76.1 cm³/mol. The molecule has 1 saturated heterocycles. The minimum atomic E-state index is -0.571. The summed E-state index contributed by atoms with van der Waals surface area (Å²) in [6.45, 7) is 0.893. The van der Waals surface area contributed by atoms with E-state index in [1.54, 1.807) is 4.90 Å². The first-order chi connectivity index (χ1) is 10.2. The summed E-state index contributed by atoms with van der Waals surface area (Å²) in [4.78, 5) is 14.0. The second kappa shape index (κ2) is 7.21. The van der Waals surface area contributed by atoms with Crippen molar-refractivity contribution in [1.29, 1.82) is 0 Å². The van der Waals surface area contributed by atoms with Crippen molar-refractivity contribution in [3.05, 3.63) is 35.1 Å². The number of piperidine rings is 1. The van der Waals surface area contributed by atoms with Gasteiger partial charge in [-0.15, -0.1) is 0 Å². The molecule has 1 aliphatic rings. The number of aliphatic hydroxyl groups excluding tert-OH is 2. The van der Waals surface area contributed by atoms with Gasteiger partial charge in [-0.25, -0.2) is 4.39 Å². The van der Waals surface area contributed by atoms with Crippen molar-refractivity contribution in [2.24, 2.45) is 5.92 Å². The number of carbonyl (C=O) groups excluding carboxylic acids is 1. The van der Waals surface area contributed by atoms with Crippen LogP contribution in [0.3, 0.4) is 0 Å². The lowest BCUT2D eigenvalue weighted by Crippen LogP contribution is -2.39. The van der Waals surface area contributed by atoms with Gasteiger partial charge in [0.2, 0.25) is 0 Å². The quantitative estimate of drug-likeness (QED) is 0.800. The van der Waals surface area contributed by atoms with Crippen molar-refractivity contribution in [3.63, 3.8) is 0 Å². The van der Waals surface area contributed by atoms with Crippen molar-refractivity contribution < 1.29 is 19.4 Å². The summed E-state index contributed by atoms with van der Waals surface area (Å²) in [5, 5.41) is 17.8. The molecule has 0 aliphatic carbocycles. The van der Waals surface area contributed by atoms with E-state index < -0.39 is 5.82 Å². The number of aliphatic hydroxyl groups is 2. The number of rotatable bonds is 2. The molecular formula is C16H18FNO3. The zero-order valence-corrected chi connectivity index (χ0v) is 11.7. The zero-order chi connectivity index (χ0) is 15.2. The number of nitrogens with zero attached hydrogens (tertiary/aromatic N) is 1. The van der Waals surface area contributed by atoms with Crippen molar-refractivity contribution in [1.82, 2.24) is 4.90 Å². The molecule has 1 amide bonds. The molecule has 0 saturated carbocycles. The van der Waals surface area contributed by atoms with Gasteiger partial charge in [-0.3, -0.25) is 4.79 Å². The molecule has 0 aromatic heterocycles. The van der Waals surface area contributed by atoms with Crippen LogP contribution in [0, 0.1) is 23.6 Å². The number of amides is 1. The molecule has 2 N–H and O–H groups in total. The minimum Gasteiger partial charge on any atom is -0.396 e. The highest BCUT2D eigenvalue weighted by Gasteiger charge is 2.25. The van der Waals surface area contributed by atoms with Gasteiger partial charge in [0.15, 0.2) is 0 Å². The number of carbonyl (C=O) groups is 1. The lowest BCUT2D eigenvalue weighted by molar-refractivity contribution is 0.0646. The van der Waals surface area contributed by atoms with E-state index in [2.05, 4.69) is 11.8 Å². The maximum Gasteiger partial charge on any atom is 0.256 e. The van der Waals surface area contributed by atoms with E-state index in [0.717, 1.165) is 12.8 Å². The molecular weight excluding hydrogens is 273 g/mol. The molecule has 1 aromatic carbocycles. The molecule has 2 rings (SSSR count). The molecule has 1 fully saturated rings. The molecule has 0 bridgehead atoms. The van der Waals surface area contributed by atoms with E-state index >= 15 is 0 Å². The van der Waals surface area contributed by atoms with Crippen molar-refractivity contribution in [2.75, 3.05) is 26.3 Å². The highest BCUT2D eigenvalue weighted by atomic mass is 19.1. The monoisotopic (exact) mass is 291 g/mol. The van der Waals surface area contributed by atoms with Gasteiger partial charge in [0.1, 0.15) is 12.4 Å². The topological polar surface area (TPSA) is 60.8 Å². The summed E-state index contributed by atoms with van der Waals surface area (Å²) in [5.74, 6) is 4.44. The Bertz CT molecular complexity index is 569. The second-order valence-electron chi connectivity index (χ2n) is 5.07. The van der Waals surface area contributed by atoms with Gasteiger partial charge in [0, 0.05) is 25.3 Å². The third-order valence-corrected chi connectivity index (χ3v) is 3.67. The van der Waals surface area contributed by atoms with Crippen LogP contribution in [0.4, 0.5) is 4.39 Å². The first-order valence-corrected chi connectivity index (χ1v) is 6.95. The van der Waals surface area contributed by atoms with E-state index in [4.69, 9.17) is 10.2 Å². The molecule has 1 aromatic rings. The molecule has 4 nitrogen and oxygen atoms in total. The van der Waals surface area contributed by atoms with Gasteiger partial charge in [-0.05, 0) is 37.0 Å². The van der Waals surface area contributed by atoms with Crippen LogP contribution in [0.15, 0.2) is 18.2 Å². The van der Waals surface area contributed by atoms with Crippen LogP contribution >= 0.6 is 0 Å². The minimum absolute atomic E-state index is 0.00203. The number of benzene rings is 1. The SMILES string of the molecule is O=C(c1cc(C#CCO)ccc1F)N1CCC(CO)CC1. The van der Waals surface area contributed by atoms with E-state index in [-0.39, 0.29) is 30.6 Å². The molecule has 21 heavy (non-hydrogen) atoms. The van der Waals surface area contributed by atoms with Crippen LogP contribution in [0.25, 0.3) is 0 Å². The Morgan fingerprint density at radius 3 is 2.67 bits per heavy atom. The van der Waals surface area contributed by atoms with Crippen molar-refractivity contribution >= 4 is 5.91 Å². The van der Waals surface area contributed by atoms with Gasteiger partial charge < -0.3 is 15.1 Å². The summed E-state index contributed by atoms with van der Waals surface area (Å²) in [7, 11) is 0. The van der Waals surface area contributed by atoms with E-state index in [0.29, 0.717) is 18.7 Å². The maximum atomic E-state index is 13.9. The highest BCUT2D eigenvalue weighted by molar-refractivity contribution is 5.95. The first-order valence-electron chi connectivity index (χ1n) is 6.95. The van der Waals surface area contributed by atoms with Gasteiger partial charge in [-0.1, -0.05) is 11.8 Å². The predicted octanol–water partition coefficient (Wildman–Crippen LogP) is 1.01. The maximum absolute atomic E-state index is 13.9. The summed E-state index contributed by atoms with van der Waals surface area (Å²) in [6.07, 6.45) is 1.46. The third kappa shape index (κ3) is 3.81. The zero-order valence-electron chi connectivity index (χ0n) is 11.7. The van der Waals surface area contributed by atoms with Gasteiger partial charge in [0.05, 0.1) is 5.56 Å². The third-order valence-electron chi connectivity index (χ3n) is 3.67. The molecule has 5 heteroatoms. The molecule has 1 aliphatic heterocycles. The Labute approximate surface area is 123 Å². The van der Waals surface area contributed by atoms with Crippen molar-refractivity contribution in [3.8, 4) is 11.8 Å². The molecule has 0 radical (unpaired) electrons. The number of hydrogen-bond donors (Lipinski definition) is 2. The van der Waals surface area contributed by atoms with Gasteiger partial charge >= 0.3 is 0 Å². The average Bonchev–Trinajstić information content (AvgIpc) is 2.53. The highest BCUT2D eigenvalue weighted by Crippen LogP contribution is 2.20. The number of halogens is 1. The van der Waals surface area contributed by atoms with E-state index in [1.165, 1.54) is 18.2 Å². The lowest BCUT2D eigenvalue weighted by atomic mass is 9.97. The van der Waals surface area contributed by atoms with Crippen LogP contribution in [0.5, 0.6) is 0 Å². The van der Waals surface area contributed by atoms with Crippen LogP contribution in [-0.2, 0) is 0 Å². The Morgan fingerprint density at radius 2 is 2.05 bits per heavy atom. The van der Waals surface area contributed by atoms with Crippen LogP contribution in [0.2, 0.25) is 0 Å². The Morgan fingerprint density at radius 1 is 1.33 bits per heavy atom. The Kier molecular flexibility index (Phi) is 5.32. The van der Waals surface area contributed by atoms with Gasteiger partial charge in [-0.2, -0.15) is 0 Å². The summed E-state index contributed by atoms with van der Waals surface area (Å²) >= 11 is 0. The number of likely N-dealkylation sites (tertiary alicyclic amines) is 1. The van der Waals surface area contributed by atoms with Gasteiger partial charge in [0.25, 0.3) is 5.91 Å². The fraction of sp³-hybridized carbons (Fsp3) is 0.438. The first kappa shape index (κ1) is 15.5. The summed E-state index contributed by atoms with van der Waals surface area (Å²) < 4.78 is 13.9. The lowest BCUT2D eigenvalue weighted by Gasteiger charge is -2.31. The molecule has 112 valence electrons. The normalized spacial score (nSPS) is 15.5. The average molecular weight is 291 g/mol. The molecule has 0 spiro atoms. The van der Waals surface area contributed by atoms with Crippen LogP contribution in [-0.4, -0.2) is 47.3 Å². The Hall–Kier alpha value is -1.90. The summed E-state index contributed by atoms with van der Waals surface area (Å²) in [5.41, 5.74) is 0.501. The van der Waals surface area contributed by atoms with Crippen molar-refractivity contribution in [2.45, 2.75) is 12.8 Å². The summed E-state index contributed by atoms with van der Waals surface area (Å²) in [6, 6.07) is 4.11. The fourth-order valence-electron chi connectivity index (χ4n) is 2.40. The number of hydrogen-bond acceptors (Lipinski definition) is 3. The smallest absolute Gasteiger partial charge is 0.256 e. The van der Waals surface area contributed by atoms with E-state index in [1.807, 2.05) is 0 Å². The van der Waals surface area contributed by atoms with Crippen LogP contribution in [0.1, 0.15) is 28.8 Å². The second-order valence-corrected chi connectivity index (χ2v) is 5.07. The molecule has 0 atom stereocenters. The van der Waals surface area contributed by atoms with Crippen LogP contribution < -0.4 is 0 Å². The molecule has 1 heterocycles.